The van der Waals surface area contributed by atoms with E-state index in [4.69, 9.17) is 11.6 Å². The maximum absolute atomic E-state index is 12.2. The molecule has 1 aliphatic heterocycles. The van der Waals surface area contributed by atoms with Gasteiger partial charge in [-0.05, 0) is 18.9 Å². The summed E-state index contributed by atoms with van der Waals surface area (Å²) in [6, 6.07) is 3.80. The van der Waals surface area contributed by atoms with Crippen LogP contribution in [-0.2, 0) is 0 Å². The van der Waals surface area contributed by atoms with Crippen LogP contribution in [0.15, 0.2) is 18.2 Å². The first kappa shape index (κ1) is 13.8. The summed E-state index contributed by atoms with van der Waals surface area (Å²) < 4.78 is 0. The number of benzene rings is 1. The molecule has 1 unspecified atom stereocenters. The fourth-order valence-electron chi connectivity index (χ4n) is 2.12. The second-order valence-corrected chi connectivity index (χ2v) is 4.94. The minimum Gasteiger partial charge on any atom is -0.391 e. The van der Waals surface area contributed by atoms with Gasteiger partial charge < -0.3 is 10.0 Å². The molecule has 1 aliphatic rings. The minimum atomic E-state index is -0.590. The molecule has 7 heteroatoms. The van der Waals surface area contributed by atoms with Crippen molar-refractivity contribution in [3.05, 3.63) is 38.9 Å². The molecule has 1 amide bonds. The number of hydrogen-bond acceptors (Lipinski definition) is 4. The van der Waals surface area contributed by atoms with Crippen molar-refractivity contribution in [2.24, 2.45) is 0 Å². The predicted molar refractivity (Wildman–Crippen MR) is 69.3 cm³/mol. The van der Waals surface area contributed by atoms with E-state index in [1.165, 1.54) is 23.1 Å². The molecule has 1 aromatic rings. The average molecular weight is 285 g/mol. The number of aliphatic hydroxyl groups excluding tert-OH is 1. The quantitative estimate of drug-likeness (QED) is 0.663. The van der Waals surface area contributed by atoms with Crippen LogP contribution in [0.25, 0.3) is 0 Å². The Bertz CT molecular complexity index is 520. The van der Waals surface area contributed by atoms with Crippen LogP contribution in [0.2, 0.25) is 5.02 Å². The Kier molecular flexibility index (Phi) is 4.01. The number of rotatable bonds is 2. The second-order valence-electron chi connectivity index (χ2n) is 4.50. The third kappa shape index (κ3) is 3.21. The van der Waals surface area contributed by atoms with Gasteiger partial charge in [0.25, 0.3) is 11.6 Å². The average Bonchev–Trinajstić information content (AvgIpc) is 2.37. The molecule has 1 fully saturated rings. The third-order valence-corrected chi connectivity index (χ3v) is 3.24. The molecule has 0 aromatic heterocycles. The van der Waals surface area contributed by atoms with Crippen LogP contribution in [0.4, 0.5) is 5.69 Å². The zero-order chi connectivity index (χ0) is 14.0. The number of β-amino-alcohol motifs (C(OH)–C–C–N with tert-alkyl or cyclic N) is 1. The lowest BCUT2D eigenvalue weighted by molar-refractivity contribution is -0.384. The summed E-state index contributed by atoms with van der Waals surface area (Å²) in [6.07, 6.45) is 0.849. The first-order valence-electron chi connectivity index (χ1n) is 5.89. The zero-order valence-corrected chi connectivity index (χ0v) is 10.8. The van der Waals surface area contributed by atoms with Gasteiger partial charge in [0.1, 0.15) is 0 Å². The number of halogens is 1. The number of carbonyl (C=O) groups is 1. The number of carbonyl (C=O) groups excluding carboxylic acids is 1. The van der Waals surface area contributed by atoms with Crippen molar-refractivity contribution in [2.45, 2.75) is 18.9 Å². The van der Waals surface area contributed by atoms with Gasteiger partial charge in [0.05, 0.1) is 11.0 Å². The second kappa shape index (κ2) is 5.54. The molecule has 0 aliphatic carbocycles. The molecule has 2 rings (SSSR count). The Morgan fingerprint density at radius 3 is 2.84 bits per heavy atom. The van der Waals surface area contributed by atoms with Crippen molar-refractivity contribution in [3.63, 3.8) is 0 Å². The number of likely N-dealkylation sites (tertiary alicyclic amines) is 1. The highest BCUT2D eigenvalue weighted by atomic mass is 35.5. The van der Waals surface area contributed by atoms with E-state index >= 15 is 0 Å². The number of non-ortho nitro benzene ring substituents is 1. The van der Waals surface area contributed by atoms with Gasteiger partial charge in [0.15, 0.2) is 0 Å². The number of piperidine rings is 1. The molecule has 1 aromatic carbocycles. The van der Waals surface area contributed by atoms with Crippen molar-refractivity contribution in [3.8, 4) is 0 Å². The number of amides is 1. The Morgan fingerprint density at radius 2 is 2.21 bits per heavy atom. The lowest BCUT2D eigenvalue weighted by Crippen LogP contribution is -2.42. The standard InChI is InChI=1S/C12H13ClN2O4/c13-9-4-8(5-10(6-9)15(18)19)12(17)14-3-1-2-11(16)7-14/h4-6,11,16H,1-3,7H2. The van der Waals surface area contributed by atoms with Crippen LogP contribution in [0.3, 0.4) is 0 Å². The topological polar surface area (TPSA) is 83.7 Å². The lowest BCUT2D eigenvalue weighted by atomic mass is 10.1. The fourth-order valence-corrected chi connectivity index (χ4v) is 2.35. The molecule has 1 saturated heterocycles. The summed E-state index contributed by atoms with van der Waals surface area (Å²) in [5.74, 6) is -0.343. The van der Waals surface area contributed by atoms with Crippen molar-refractivity contribution in [1.82, 2.24) is 4.90 Å². The van der Waals surface area contributed by atoms with E-state index in [1.54, 1.807) is 0 Å². The summed E-state index contributed by atoms with van der Waals surface area (Å²) in [6.45, 7) is 0.787. The molecule has 6 nitrogen and oxygen atoms in total. The predicted octanol–water partition coefficient (Wildman–Crippen LogP) is 1.85. The van der Waals surface area contributed by atoms with E-state index in [2.05, 4.69) is 0 Å². The molecule has 1 N–H and O–H groups in total. The normalized spacial score (nSPS) is 19.3. The Balaban J connectivity index is 2.25. The Labute approximate surface area is 114 Å². The first-order chi connectivity index (χ1) is 8.97. The van der Waals surface area contributed by atoms with Crippen molar-refractivity contribution >= 4 is 23.2 Å². The van der Waals surface area contributed by atoms with Crippen LogP contribution < -0.4 is 0 Å². The molecule has 0 radical (unpaired) electrons. The number of aliphatic hydroxyl groups is 1. The molecule has 1 heterocycles. The van der Waals surface area contributed by atoms with Crippen molar-refractivity contribution in [2.75, 3.05) is 13.1 Å². The molecular weight excluding hydrogens is 272 g/mol. The number of hydrogen-bond donors (Lipinski definition) is 1. The van der Waals surface area contributed by atoms with Gasteiger partial charge in [-0.2, -0.15) is 0 Å². The maximum atomic E-state index is 12.2. The molecular formula is C12H13ClN2O4. The van der Waals surface area contributed by atoms with Gasteiger partial charge in [0.2, 0.25) is 0 Å². The largest absolute Gasteiger partial charge is 0.391 e. The van der Waals surface area contributed by atoms with Gasteiger partial charge in [-0.3, -0.25) is 14.9 Å². The van der Waals surface area contributed by atoms with Crippen LogP contribution in [-0.4, -0.2) is 40.0 Å². The van der Waals surface area contributed by atoms with E-state index in [0.717, 1.165) is 6.42 Å². The van der Waals surface area contributed by atoms with E-state index in [9.17, 15) is 20.0 Å². The highest BCUT2D eigenvalue weighted by Gasteiger charge is 2.24. The Morgan fingerprint density at radius 1 is 1.47 bits per heavy atom. The van der Waals surface area contributed by atoms with Crippen molar-refractivity contribution < 1.29 is 14.8 Å². The first-order valence-corrected chi connectivity index (χ1v) is 6.27. The molecule has 0 saturated carbocycles. The maximum Gasteiger partial charge on any atom is 0.271 e. The lowest BCUT2D eigenvalue weighted by Gasteiger charge is -2.30. The highest BCUT2D eigenvalue weighted by Crippen LogP contribution is 2.23. The van der Waals surface area contributed by atoms with Crippen LogP contribution in [0.1, 0.15) is 23.2 Å². The summed E-state index contributed by atoms with van der Waals surface area (Å²) in [5.41, 5.74) is -0.0401. The summed E-state index contributed by atoms with van der Waals surface area (Å²) in [5, 5.41) is 20.4. The highest BCUT2D eigenvalue weighted by molar-refractivity contribution is 6.31. The SMILES string of the molecule is O=C(c1cc(Cl)cc([N+](=O)[O-])c1)N1CCCC(O)C1. The van der Waals surface area contributed by atoms with E-state index in [0.29, 0.717) is 13.0 Å². The number of nitro benzene ring substituents is 1. The van der Waals surface area contributed by atoms with Crippen LogP contribution in [0.5, 0.6) is 0 Å². The third-order valence-electron chi connectivity index (χ3n) is 3.02. The van der Waals surface area contributed by atoms with Gasteiger partial charge >= 0.3 is 0 Å². The molecule has 1 atom stereocenters. The summed E-state index contributed by atoms with van der Waals surface area (Å²) in [4.78, 5) is 23.8. The van der Waals surface area contributed by atoms with Gasteiger partial charge in [0, 0.05) is 35.8 Å². The van der Waals surface area contributed by atoms with E-state index in [1.807, 2.05) is 0 Å². The van der Waals surface area contributed by atoms with Gasteiger partial charge in [-0.25, -0.2) is 0 Å². The van der Waals surface area contributed by atoms with E-state index in [-0.39, 0.29) is 28.7 Å². The van der Waals surface area contributed by atoms with Crippen LogP contribution >= 0.6 is 11.6 Å². The van der Waals surface area contributed by atoms with Gasteiger partial charge in [-0.1, -0.05) is 11.6 Å². The van der Waals surface area contributed by atoms with E-state index < -0.39 is 11.0 Å². The summed E-state index contributed by atoms with van der Waals surface area (Å²) in [7, 11) is 0. The summed E-state index contributed by atoms with van der Waals surface area (Å²) >= 11 is 5.78. The fraction of sp³-hybridized carbons (Fsp3) is 0.417. The Hall–Kier alpha value is -1.66. The van der Waals surface area contributed by atoms with Crippen LogP contribution in [0, 0.1) is 10.1 Å². The minimum absolute atomic E-state index is 0.148. The zero-order valence-electron chi connectivity index (χ0n) is 10.1. The molecule has 0 spiro atoms. The molecule has 0 bridgehead atoms. The monoisotopic (exact) mass is 284 g/mol. The molecule has 19 heavy (non-hydrogen) atoms. The smallest absolute Gasteiger partial charge is 0.271 e. The number of nitro groups is 1. The van der Waals surface area contributed by atoms with Gasteiger partial charge in [-0.15, -0.1) is 0 Å². The number of nitrogens with zero attached hydrogens (tertiary/aromatic N) is 2. The van der Waals surface area contributed by atoms with Crippen molar-refractivity contribution in [1.29, 1.82) is 0 Å². The molecule has 102 valence electrons.